The van der Waals surface area contributed by atoms with Gasteiger partial charge in [0.1, 0.15) is 0 Å². The summed E-state index contributed by atoms with van der Waals surface area (Å²) in [4.78, 5) is 6.58. The smallest absolute Gasteiger partial charge is 0.234 e. The van der Waals surface area contributed by atoms with Gasteiger partial charge < -0.3 is 14.4 Å². The quantitative estimate of drug-likeness (QED) is 0.851. The number of rotatable bonds is 2. The third kappa shape index (κ3) is 2.96. The predicted octanol–water partition coefficient (Wildman–Crippen LogP) is 2.25. The highest BCUT2D eigenvalue weighted by Gasteiger charge is 2.17. The Kier molecular flexibility index (Phi) is 5.03. The van der Waals surface area contributed by atoms with Crippen LogP contribution < -0.4 is 9.64 Å². The molecule has 0 aliphatic carbocycles. The molecule has 0 saturated carbocycles. The second-order valence-electron chi connectivity index (χ2n) is 4.00. The fourth-order valence-corrected chi connectivity index (χ4v) is 2.23. The van der Waals surface area contributed by atoms with E-state index in [0.29, 0.717) is 24.2 Å². The van der Waals surface area contributed by atoms with Crippen LogP contribution in [0.3, 0.4) is 0 Å². The summed E-state index contributed by atoms with van der Waals surface area (Å²) in [5.74, 6) is 0.527. The fraction of sp³-hybridized carbons (Fsp3) is 0.538. The zero-order chi connectivity index (χ0) is 14.5. The van der Waals surface area contributed by atoms with Crippen LogP contribution in [0.2, 0.25) is 5.15 Å². The average Bonchev–Trinajstić information content (AvgIpc) is 2.92. The minimum Gasteiger partial charge on any atom is -0.480 e. The third-order valence-electron chi connectivity index (χ3n) is 2.91. The van der Waals surface area contributed by atoms with Gasteiger partial charge in [-0.25, -0.2) is 4.52 Å². The van der Waals surface area contributed by atoms with Gasteiger partial charge in [-0.05, 0) is 0 Å². The minimum absolute atomic E-state index is 0.434. The van der Waals surface area contributed by atoms with Gasteiger partial charge in [0.25, 0.3) is 0 Å². The van der Waals surface area contributed by atoms with Crippen LogP contribution in [-0.4, -0.2) is 48.0 Å². The molecule has 20 heavy (non-hydrogen) atoms. The SMILES string of the molecule is CC.COc1cn2nc(Cl)cc(N3CCOCC3)c2n1. The highest BCUT2D eigenvalue weighted by Crippen LogP contribution is 2.26. The maximum Gasteiger partial charge on any atom is 0.234 e. The van der Waals surface area contributed by atoms with Crippen molar-refractivity contribution in [3.8, 4) is 5.88 Å². The molecule has 2 aromatic rings. The zero-order valence-electron chi connectivity index (χ0n) is 12.0. The monoisotopic (exact) mass is 298 g/mol. The van der Waals surface area contributed by atoms with Crippen molar-refractivity contribution in [2.45, 2.75) is 13.8 Å². The van der Waals surface area contributed by atoms with Crippen molar-refractivity contribution in [2.75, 3.05) is 38.3 Å². The molecule has 0 atom stereocenters. The van der Waals surface area contributed by atoms with Gasteiger partial charge in [-0.1, -0.05) is 25.4 Å². The Labute approximate surface area is 123 Å². The third-order valence-corrected chi connectivity index (χ3v) is 3.10. The molecule has 0 spiro atoms. The van der Waals surface area contributed by atoms with E-state index < -0.39 is 0 Å². The van der Waals surface area contributed by atoms with Gasteiger partial charge in [-0.15, -0.1) is 0 Å². The van der Waals surface area contributed by atoms with Crippen LogP contribution in [0.5, 0.6) is 5.88 Å². The fourth-order valence-electron chi connectivity index (χ4n) is 2.05. The number of hydrogen-bond acceptors (Lipinski definition) is 5. The van der Waals surface area contributed by atoms with Crippen LogP contribution in [-0.2, 0) is 4.74 Å². The summed E-state index contributed by atoms with van der Waals surface area (Å²) in [5.41, 5.74) is 1.71. The van der Waals surface area contributed by atoms with E-state index in [-0.39, 0.29) is 0 Å². The summed E-state index contributed by atoms with van der Waals surface area (Å²) < 4.78 is 12.1. The predicted molar refractivity (Wildman–Crippen MR) is 78.9 cm³/mol. The van der Waals surface area contributed by atoms with E-state index in [1.54, 1.807) is 17.8 Å². The number of morpholine rings is 1. The highest BCUT2D eigenvalue weighted by atomic mass is 35.5. The summed E-state index contributed by atoms with van der Waals surface area (Å²) in [5, 5.41) is 4.62. The van der Waals surface area contributed by atoms with Crippen molar-refractivity contribution < 1.29 is 9.47 Å². The molecule has 1 fully saturated rings. The van der Waals surface area contributed by atoms with Crippen molar-refractivity contribution in [2.24, 2.45) is 0 Å². The lowest BCUT2D eigenvalue weighted by molar-refractivity contribution is 0.123. The molecule has 0 unspecified atom stereocenters. The summed E-state index contributed by atoms with van der Waals surface area (Å²) in [6, 6.07) is 1.83. The van der Waals surface area contributed by atoms with Crippen LogP contribution >= 0.6 is 11.6 Å². The van der Waals surface area contributed by atoms with E-state index in [4.69, 9.17) is 21.1 Å². The summed E-state index contributed by atoms with van der Waals surface area (Å²) in [6.45, 7) is 7.07. The first-order chi connectivity index (χ1) is 9.78. The van der Waals surface area contributed by atoms with Gasteiger partial charge in [-0.2, -0.15) is 10.1 Å². The van der Waals surface area contributed by atoms with Crippen LogP contribution in [0.15, 0.2) is 12.3 Å². The number of ether oxygens (including phenoxy) is 2. The molecular formula is C13H19ClN4O2. The number of aromatic nitrogens is 3. The molecule has 0 bridgehead atoms. The Morgan fingerprint density at radius 1 is 1.30 bits per heavy atom. The summed E-state index contributed by atoms with van der Waals surface area (Å²) in [7, 11) is 1.58. The molecule has 0 N–H and O–H groups in total. The lowest BCUT2D eigenvalue weighted by Crippen LogP contribution is -2.36. The molecule has 3 rings (SSSR count). The Morgan fingerprint density at radius 2 is 2.00 bits per heavy atom. The lowest BCUT2D eigenvalue weighted by atomic mass is 10.3. The largest absolute Gasteiger partial charge is 0.480 e. The normalized spacial score (nSPS) is 14.9. The average molecular weight is 299 g/mol. The molecule has 1 aliphatic heterocycles. The van der Waals surface area contributed by atoms with Crippen molar-refractivity contribution in [1.29, 1.82) is 0 Å². The van der Waals surface area contributed by atoms with E-state index in [1.807, 2.05) is 19.9 Å². The highest BCUT2D eigenvalue weighted by molar-refractivity contribution is 6.29. The molecule has 1 saturated heterocycles. The molecule has 110 valence electrons. The maximum absolute atomic E-state index is 6.04. The van der Waals surface area contributed by atoms with Gasteiger partial charge in [0.05, 0.1) is 32.2 Å². The standard InChI is InChI=1S/C11H13ClN4O2.C2H6/c1-17-10-7-16-11(13-10)8(6-9(12)14-16)15-2-4-18-5-3-15;1-2/h6-7H,2-5H2,1H3;1-2H3. The number of halogens is 1. The topological polar surface area (TPSA) is 51.9 Å². The lowest BCUT2D eigenvalue weighted by Gasteiger charge is -2.28. The van der Waals surface area contributed by atoms with Crippen LogP contribution in [0.4, 0.5) is 5.69 Å². The van der Waals surface area contributed by atoms with Crippen molar-refractivity contribution in [3.63, 3.8) is 0 Å². The molecule has 6 nitrogen and oxygen atoms in total. The van der Waals surface area contributed by atoms with Crippen molar-refractivity contribution in [1.82, 2.24) is 14.6 Å². The Hall–Kier alpha value is -1.53. The van der Waals surface area contributed by atoms with Gasteiger partial charge in [0.15, 0.2) is 10.8 Å². The number of methoxy groups -OCH3 is 1. The van der Waals surface area contributed by atoms with Gasteiger partial charge in [-0.3, -0.25) is 0 Å². The molecule has 0 amide bonds. The van der Waals surface area contributed by atoms with Crippen LogP contribution in [0, 0.1) is 0 Å². The summed E-state index contributed by atoms with van der Waals surface area (Å²) in [6.07, 6.45) is 1.71. The number of hydrogen-bond donors (Lipinski definition) is 0. The van der Waals surface area contributed by atoms with E-state index >= 15 is 0 Å². The number of anilines is 1. The Bertz CT molecular complexity index is 567. The first-order valence-electron chi connectivity index (χ1n) is 6.70. The molecule has 0 aromatic carbocycles. The number of fused-ring (bicyclic) bond motifs is 1. The second-order valence-corrected chi connectivity index (χ2v) is 4.39. The maximum atomic E-state index is 6.04. The van der Waals surface area contributed by atoms with E-state index in [1.165, 1.54) is 0 Å². The van der Waals surface area contributed by atoms with E-state index in [0.717, 1.165) is 24.4 Å². The first-order valence-corrected chi connectivity index (χ1v) is 7.08. The number of imidazole rings is 1. The number of nitrogens with zero attached hydrogens (tertiary/aromatic N) is 4. The molecule has 0 radical (unpaired) electrons. The van der Waals surface area contributed by atoms with E-state index in [2.05, 4.69) is 15.0 Å². The van der Waals surface area contributed by atoms with Crippen LogP contribution in [0.1, 0.15) is 13.8 Å². The molecular weight excluding hydrogens is 280 g/mol. The van der Waals surface area contributed by atoms with Gasteiger partial charge in [0, 0.05) is 19.2 Å². The summed E-state index contributed by atoms with van der Waals surface area (Å²) >= 11 is 6.04. The first kappa shape index (κ1) is 14.9. The van der Waals surface area contributed by atoms with E-state index in [9.17, 15) is 0 Å². The van der Waals surface area contributed by atoms with Crippen LogP contribution in [0.25, 0.3) is 5.65 Å². The Balaban J connectivity index is 0.000000704. The van der Waals surface area contributed by atoms with Gasteiger partial charge in [0.2, 0.25) is 5.88 Å². The molecule has 2 aromatic heterocycles. The van der Waals surface area contributed by atoms with Crippen molar-refractivity contribution in [3.05, 3.63) is 17.4 Å². The van der Waals surface area contributed by atoms with Gasteiger partial charge >= 0.3 is 0 Å². The Morgan fingerprint density at radius 3 is 2.65 bits per heavy atom. The second kappa shape index (κ2) is 6.76. The molecule has 1 aliphatic rings. The molecule has 7 heteroatoms. The molecule has 3 heterocycles. The van der Waals surface area contributed by atoms with Crippen molar-refractivity contribution >= 4 is 22.9 Å². The zero-order valence-corrected chi connectivity index (χ0v) is 12.7. The minimum atomic E-state index is 0.434.